The lowest BCUT2D eigenvalue weighted by Gasteiger charge is -2.26. The summed E-state index contributed by atoms with van der Waals surface area (Å²) in [5, 5.41) is 19.7. The molecule has 0 atom stereocenters. The van der Waals surface area contributed by atoms with Crippen LogP contribution in [0.25, 0.3) is 22.3 Å². The lowest BCUT2D eigenvalue weighted by atomic mass is 10.1. The molecular weight excluding hydrogens is 427 g/mol. The third-order valence-electron chi connectivity index (χ3n) is 5.07. The zero-order chi connectivity index (χ0) is 22.9. The van der Waals surface area contributed by atoms with Gasteiger partial charge in [-0.25, -0.2) is 9.67 Å². The molecule has 32 heavy (non-hydrogen) atoms. The highest BCUT2D eigenvalue weighted by Gasteiger charge is 2.35. The zero-order valence-corrected chi connectivity index (χ0v) is 17.0. The maximum Gasteiger partial charge on any atom is 0.419 e. The molecule has 12 heteroatoms. The number of benzene rings is 1. The van der Waals surface area contributed by atoms with Crippen molar-refractivity contribution in [1.29, 1.82) is 5.26 Å². The van der Waals surface area contributed by atoms with Crippen molar-refractivity contribution in [3.63, 3.8) is 0 Å². The van der Waals surface area contributed by atoms with Crippen LogP contribution in [-0.2, 0) is 18.0 Å². The van der Waals surface area contributed by atoms with Gasteiger partial charge in [0.05, 0.1) is 23.3 Å². The number of aromatic nitrogens is 4. The molecule has 0 saturated carbocycles. The lowest BCUT2D eigenvalue weighted by Crippen LogP contribution is -2.48. The molecule has 0 aliphatic carbocycles. The number of hydrogen-bond acceptors (Lipinski definition) is 7. The summed E-state index contributed by atoms with van der Waals surface area (Å²) < 4.78 is 48.1. The summed E-state index contributed by atoms with van der Waals surface area (Å²) >= 11 is 0. The van der Waals surface area contributed by atoms with Crippen LogP contribution in [0.4, 0.5) is 13.2 Å². The van der Waals surface area contributed by atoms with E-state index in [9.17, 15) is 23.2 Å². The Labute approximate surface area is 180 Å². The van der Waals surface area contributed by atoms with E-state index < -0.39 is 11.7 Å². The third kappa shape index (κ3) is 4.33. The number of halogens is 3. The fourth-order valence-electron chi connectivity index (χ4n) is 3.46. The number of piperazine rings is 1. The molecule has 166 valence electrons. The Kier molecular flexibility index (Phi) is 5.67. The average Bonchev–Trinajstić information content (AvgIpc) is 3.13. The van der Waals surface area contributed by atoms with Gasteiger partial charge in [-0.3, -0.25) is 9.69 Å². The number of aryl methyl sites for hydroxylation is 1. The van der Waals surface area contributed by atoms with E-state index in [0.29, 0.717) is 25.2 Å². The molecule has 1 amide bonds. The molecule has 9 nitrogen and oxygen atoms in total. The van der Waals surface area contributed by atoms with Crippen LogP contribution in [0.15, 0.2) is 24.3 Å². The second kappa shape index (κ2) is 8.43. The minimum Gasteiger partial charge on any atom is -0.492 e. The summed E-state index contributed by atoms with van der Waals surface area (Å²) in [6.45, 7) is 1.61. The average molecular weight is 445 g/mol. The molecule has 1 N–H and O–H groups in total. The summed E-state index contributed by atoms with van der Waals surface area (Å²) in [7, 11) is 1.62. The quantitative estimate of drug-likeness (QED) is 0.637. The maximum atomic E-state index is 13.8. The smallest absolute Gasteiger partial charge is 0.419 e. The molecule has 1 saturated heterocycles. The van der Waals surface area contributed by atoms with E-state index in [4.69, 9.17) is 4.74 Å². The Hall–Kier alpha value is -3.72. The fourth-order valence-corrected chi connectivity index (χ4v) is 3.46. The Morgan fingerprint density at radius 1 is 1.31 bits per heavy atom. The number of fused-ring (bicyclic) bond motifs is 1. The van der Waals surface area contributed by atoms with Gasteiger partial charge in [0.1, 0.15) is 23.9 Å². The number of nitrogens with zero attached hydrogens (tertiary/aromatic N) is 6. The summed E-state index contributed by atoms with van der Waals surface area (Å²) in [6, 6.07) is 7.08. The standard InChI is InChI=1S/C20H18F3N7O2/c1-29-16-9-14(26-15(10-24)19(16)27-28-29)12-2-3-17(13(8-12)20(21,22)23)32-7-6-30-5-4-25-18(31)11-30/h2-3,8-9H,4-7,11H2,1H3,(H,25,31). The van der Waals surface area contributed by atoms with Crippen LogP contribution in [0.1, 0.15) is 11.3 Å². The minimum absolute atomic E-state index is 0.000808. The molecule has 1 fully saturated rings. The van der Waals surface area contributed by atoms with E-state index in [1.807, 2.05) is 11.0 Å². The van der Waals surface area contributed by atoms with Crippen LogP contribution in [0.3, 0.4) is 0 Å². The van der Waals surface area contributed by atoms with E-state index in [1.54, 1.807) is 7.05 Å². The van der Waals surface area contributed by atoms with Gasteiger partial charge in [-0.15, -0.1) is 5.10 Å². The van der Waals surface area contributed by atoms with Crippen molar-refractivity contribution in [3.05, 3.63) is 35.5 Å². The van der Waals surface area contributed by atoms with Crippen LogP contribution >= 0.6 is 0 Å². The maximum absolute atomic E-state index is 13.8. The Balaban J connectivity index is 1.62. The van der Waals surface area contributed by atoms with Gasteiger partial charge in [0.2, 0.25) is 5.91 Å². The molecule has 0 spiro atoms. The fraction of sp³-hybridized carbons (Fsp3) is 0.350. The first kappa shape index (κ1) is 21.5. The van der Waals surface area contributed by atoms with Gasteiger partial charge < -0.3 is 10.1 Å². The monoisotopic (exact) mass is 445 g/mol. The predicted octanol–water partition coefficient (Wildman–Crippen LogP) is 1.73. The first-order valence-electron chi connectivity index (χ1n) is 9.70. The molecule has 0 bridgehead atoms. The number of nitrogens with one attached hydrogen (secondary N) is 1. The number of ether oxygens (including phenoxy) is 1. The van der Waals surface area contributed by atoms with E-state index in [-0.39, 0.29) is 47.3 Å². The summed E-state index contributed by atoms with van der Waals surface area (Å²) in [5.74, 6) is -0.437. The van der Waals surface area contributed by atoms with Gasteiger partial charge >= 0.3 is 6.18 Å². The Morgan fingerprint density at radius 3 is 2.84 bits per heavy atom. The normalized spacial score (nSPS) is 14.9. The number of pyridine rings is 1. The van der Waals surface area contributed by atoms with Crippen LogP contribution in [0.2, 0.25) is 0 Å². The van der Waals surface area contributed by atoms with Crippen LogP contribution in [-0.4, -0.2) is 63.6 Å². The number of carbonyl (C=O) groups is 1. The van der Waals surface area contributed by atoms with Crippen LogP contribution in [0, 0.1) is 11.3 Å². The van der Waals surface area contributed by atoms with Gasteiger partial charge in [0, 0.05) is 32.2 Å². The summed E-state index contributed by atoms with van der Waals surface area (Å²) in [5.41, 5.74) is 0.153. The first-order valence-corrected chi connectivity index (χ1v) is 9.70. The Morgan fingerprint density at radius 2 is 2.12 bits per heavy atom. The molecule has 3 aromatic rings. The van der Waals surface area contributed by atoms with Crippen LogP contribution < -0.4 is 10.1 Å². The molecule has 1 aromatic carbocycles. The molecule has 1 aliphatic heterocycles. The van der Waals surface area contributed by atoms with E-state index in [2.05, 4.69) is 20.6 Å². The second-order valence-corrected chi connectivity index (χ2v) is 7.23. The highest BCUT2D eigenvalue weighted by Crippen LogP contribution is 2.39. The molecule has 4 rings (SSSR count). The topological polar surface area (TPSA) is 109 Å². The number of amides is 1. The van der Waals surface area contributed by atoms with Gasteiger partial charge in [0.25, 0.3) is 0 Å². The Bertz CT molecular complexity index is 1220. The largest absolute Gasteiger partial charge is 0.492 e. The lowest BCUT2D eigenvalue weighted by molar-refractivity contribution is -0.138. The number of rotatable bonds is 5. The van der Waals surface area contributed by atoms with Gasteiger partial charge in [-0.05, 0) is 24.3 Å². The SMILES string of the molecule is Cn1nnc2c(C#N)nc(-c3ccc(OCCN4CCNC(=O)C4)c(C(F)(F)F)c3)cc21. The van der Waals surface area contributed by atoms with Crippen LogP contribution in [0.5, 0.6) is 5.75 Å². The number of alkyl halides is 3. The minimum atomic E-state index is -4.66. The van der Waals surface area contributed by atoms with Crippen molar-refractivity contribution in [2.75, 3.05) is 32.8 Å². The van der Waals surface area contributed by atoms with Crippen molar-refractivity contribution in [1.82, 2.24) is 30.2 Å². The van der Waals surface area contributed by atoms with Crippen molar-refractivity contribution >= 4 is 16.9 Å². The number of nitriles is 1. The van der Waals surface area contributed by atoms with E-state index >= 15 is 0 Å². The third-order valence-corrected chi connectivity index (χ3v) is 5.07. The molecule has 2 aromatic heterocycles. The van der Waals surface area contributed by atoms with Crippen molar-refractivity contribution in [3.8, 4) is 23.1 Å². The summed E-state index contributed by atoms with van der Waals surface area (Å²) in [4.78, 5) is 17.4. The highest BCUT2D eigenvalue weighted by atomic mass is 19.4. The van der Waals surface area contributed by atoms with E-state index in [0.717, 1.165) is 6.07 Å². The van der Waals surface area contributed by atoms with Gasteiger partial charge in [0.15, 0.2) is 5.69 Å². The van der Waals surface area contributed by atoms with Gasteiger partial charge in [-0.2, -0.15) is 18.4 Å². The van der Waals surface area contributed by atoms with Crippen molar-refractivity contribution in [2.24, 2.45) is 7.05 Å². The molecule has 1 aliphatic rings. The summed E-state index contributed by atoms with van der Waals surface area (Å²) in [6.07, 6.45) is -4.66. The molecule has 0 radical (unpaired) electrons. The van der Waals surface area contributed by atoms with Crippen molar-refractivity contribution in [2.45, 2.75) is 6.18 Å². The molecular formula is C20H18F3N7O2. The number of hydrogen-bond donors (Lipinski definition) is 1. The van der Waals surface area contributed by atoms with Gasteiger partial charge in [-0.1, -0.05) is 5.21 Å². The highest BCUT2D eigenvalue weighted by molar-refractivity contribution is 5.83. The predicted molar refractivity (Wildman–Crippen MR) is 106 cm³/mol. The van der Waals surface area contributed by atoms with Crippen molar-refractivity contribution < 1.29 is 22.7 Å². The zero-order valence-electron chi connectivity index (χ0n) is 17.0. The molecule has 3 heterocycles. The van der Waals surface area contributed by atoms with E-state index in [1.165, 1.54) is 22.9 Å². The number of carbonyl (C=O) groups excluding carboxylic acids is 1. The first-order chi connectivity index (χ1) is 15.3. The second-order valence-electron chi connectivity index (χ2n) is 7.23. The molecule has 0 unspecified atom stereocenters.